The van der Waals surface area contributed by atoms with Crippen molar-refractivity contribution < 1.29 is 99.8 Å². The fraction of sp³-hybridized carbons (Fsp3) is 0.419. The van der Waals surface area contributed by atoms with Gasteiger partial charge >= 0.3 is 23.9 Å². The lowest BCUT2D eigenvalue weighted by molar-refractivity contribution is -0.154. The molecule has 4 aliphatic rings. The largest absolute Gasteiger partial charge is 0.497 e. The third-order valence-corrected chi connectivity index (χ3v) is 13.8. The molecule has 0 amide bonds. The molecule has 4 aromatic rings. The first-order valence-corrected chi connectivity index (χ1v) is 26.7. The summed E-state index contributed by atoms with van der Waals surface area (Å²) in [6.45, 7) is 9.82. The Kier molecular flexibility index (Phi) is 21.1. The number of epoxide rings is 1. The van der Waals surface area contributed by atoms with Gasteiger partial charge in [-0.1, -0.05) is 54.6 Å². The van der Waals surface area contributed by atoms with Crippen LogP contribution in [0.1, 0.15) is 113 Å². The van der Waals surface area contributed by atoms with Crippen LogP contribution in [0.2, 0.25) is 0 Å². The van der Waals surface area contributed by atoms with Crippen LogP contribution < -0.4 is 18.9 Å². The second kappa shape index (κ2) is 27.7. The van der Waals surface area contributed by atoms with Gasteiger partial charge in [-0.25, -0.2) is 28.0 Å². The number of aliphatic hydroxyl groups excluding tert-OH is 1. The fourth-order valence-electron chi connectivity index (χ4n) is 9.67. The number of aliphatic hydroxyl groups is 1. The van der Waals surface area contributed by atoms with Crippen LogP contribution in [0.4, 0.5) is 8.78 Å². The normalized spacial score (nSPS) is 25.0. The summed E-state index contributed by atoms with van der Waals surface area (Å²) in [5.74, 6) is -4.93. The standard InChI is InChI=1S/C31H37FO10.C31H33FO9/c1-19(33)14-15-23(32)27(40-30(36)20-10-7-6-8-11-20)28-24(41-31(2,3)42-28)13-9-12-21-16-22(38-5)17-25(39-18-37-4)26(21)29(34)35;1-18-11-12-22(32)25(39-28(33)19-9-7-6-8-10-19)26-27-31(41-27,30(2,3)40-26)14-13-20-15-21(36-5)16-23(37-17-35-4)24(20)29(34)38-18/h6-12,15-17,19,24,27-28,33H,13-14,18H2,1-5H3,(H,34,35);6-10,12-16,18,25-27H,11,17H2,1-5H3/b12-9+,23-15+;14-13+,22-12+/t19-,24+,27?,28+;18-,25?,26+,27+,31?/m10/s1. The molecule has 9 atom stereocenters. The lowest BCUT2D eigenvalue weighted by Crippen LogP contribution is -2.40. The average molecular weight is 1160 g/mol. The van der Waals surface area contributed by atoms with E-state index in [2.05, 4.69) is 0 Å². The van der Waals surface area contributed by atoms with Gasteiger partial charge in [0, 0.05) is 32.8 Å². The molecule has 0 aromatic heterocycles. The molecule has 21 heteroatoms. The predicted octanol–water partition coefficient (Wildman–Crippen LogP) is 10.2. The van der Waals surface area contributed by atoms with Crippen LogP contribution in [-0.2, 0) is 42.6 Å². The van der Waals surface area contributed by atoms with Crippen LogP contribution in [0.3, 0.4) is 0 Å². The van der Waals surface area contributed by atoms with Crippen molar-refractivity contribution in [3.05, 3.63) is 154 Å². The zero-order chi connectivity index (χ0) is 60.2. The topological polar surface area (TPSA) is 232 Å². The minimum absolute atomic E-state index is 0.00591. The molecule has 3 unspecified atom stereocenters. The predicted molar refractivity (Wildman–Crippen MR) is 296 cm³/mol. The number of carbonyl (C=O) groups excluding carboxylic acids is 3. The van der Waals surface area contributed by atoms with Gasteiger partial charge in [0.1, 0.15) is 75.8 Å². The van der Waals surface area contributed by atoms with Gasteiger partial charge in [-0.2, -0.15) is 0 Å². The zero-order valence-corrected chi connectivity index (χ0v) is 47.8. The molecule has 0 aliphatic carbocycles. The zero-order valence-electron chi connectivity index (χ0n) is 47.8. The Morgan fingerprint density at radius 3 is 2.04 bits per heavy atom. The Balaban J connectivity index is 0.000000239. The second-order valence-corrected chi connectivity index (χ2v) is 20.7. The molecule has 0 spiro atoms. The van der Waals surface area contributed by atoms with E-state index in [0.29, 0.717) is 17.1 Å². The van der Waals surface area contributed by atoms with Gasteiger partial charge < -0.3 is 71.8 Å². The number of esters is 3. The Bertz CT molecular complexity index is 3050. The number of hydrogen-bond donors (Lipinski definition) is 2. The van der Waals surface area contributed by atoms with E-state index in [0.717, 1.165) is 6.08 Å². The highest BCUT2D eigenvalue weighted by molar-refractivity contribution is 5.98. The van der Waals surface area contributed by atoms with E-state index in [9.17, 15) is 29.4 Å². The smallest absolute Gasteiger partial charge is 0.342 e. The van der Waals surface area contributed by atoms with Gasteiger partial charge in [0.25, 0.3) is 0 Å². The molecule has 4 heterocycles. The first-order chi connectivity index (χ1) is 39.5. The van der Waals surface area contributed by atoms with Gasteiger partial charge in [-0.15, -0.1) is 0 Å². The van der Waals surface area contributed by atoms with Crippen molar-refractivity contribution in [3.8, 4) is 23.0 Å². The van der Waals surface area contributed by atoms with Crippen molar-refractivity contribution in [1.29, 1.82) is 0 Å². The average Bonchev–Trinajstić information content (AvgIpc) is 1.55. The molecule has 2 bridgehead atoms. The van der Waals surface area contributed by atoms with Crippen LogP contribution in [0.25, 0.3) is 12.2 Å². The quantitative estimate of drug-likeness (QED) is 0.0362. The molecule has 4 aromatic carbocycles. The minimum atomic E-state index is -1.47. The summed E-state index contributed by atoms with van der Waals surface area (Å²) in [4.78, 5) is 51.4. The van der Waals surface area contributed by atoms with E-state index >= 15 is 8.78 Å². The number of cyclic esters (lactones) is 1. The maximum Gasteiger partial charge on any atom is 0.342 e. The van der Waals surface area contributed by atoms with Crippen LogP contribution in [0.15, 0.2) is 121 Å². The molecule has 0 saturated carbocycles. The van der Waals surface area contributed by atoms with Crippen molar-refractivity contribution in [2.45, 2.75) is 127 Å². The van der Waals surface area contributed by atoms with Gasteiger partial charge in [0.15, 0.2) is 31.6 Å². The maximum atomic E-state index is 15.8. The number of carboxylic acid groups (broad SMARTS) is 1. The highest BCUT2D eigenvalue weighted by atomic mass is 19.1. The summed E-state index contributed by atoms with van der Waals surface area (Å²) in [5, 5.41) is 19.6. The molecule has 83 heavy (non-hydrogen) atoms. The van der Waals surface area contributed by atoms with Crippen molar-refractivity contribution in [3.63, 3.8) is 0 Å². The summed E-state index contributed by atoms with van der Waals surface area (Å²) in [5.41, 5.74) is -0.608. The third-order valence-electron chi connectivity index (χ3n) is 13.8. The molecule has 3 saturated heterocycles. The molecule has 3 fully saturated rings. The van der Waals surface area contributed by atoms with Crippen LogP contribution in [-0.4, -0.2) is 142 Å². The maximum absolute atomic E-state index is 15.8. The highest BCUT2D eigenvalue weighted by Crippen LogP contribution is 2.59. The monoisotopic (exact) mass is 1160 g/mol. The minimum Gasteiger partial charge on any atom is -0.497 e. The molecule has 2 N–H and O–H groups in total. The molecule has 19 nitrogen and oxygen atoms in total. The summed E-state index contributed by atoms with van der Waals surface area (Å²) in [6, 6.07) is 22.7. The number of carbonyl (C=O) groups is 4. The van der Waals surface area contributed by atoms with Crippen LogP contribution >= 0.6 is 0 Å². The molecular formula is C62H70F2O19. The third kappa shape index (κ3) is 15.4. The molecule has 4 aliphatic heterocycles. The molecule has 0 radical (unpaired) electrons. The number of hydrogen-bond acceptors (Lipinski definition) is 18. The number of halogens is 2. The van der Waals surface area contributed by atoms with Crippen molar-refractivity contribution in [1.82, 2.24) is 0 Å². The Morgan fingerprint density at radius 2 is 1.43 bits per heavy atom. The number of aromatic carboxylic acids is 1. The number of carboxylic acids is 1. The summed E-state index contributed by atoms with van der Waals surface area (Å²) in [6.07, 6.45) is 1.45. The first kappa shape index (κ1) is 63.1. The molecule has 8 rings (SSSR count). The Morgan fingerprint density at radius 1 is 0.819 bits per heavy atom. The molecule has 446 valence electrons. The van der Waals surface area contributed by atoms with Gasteiger partial charge in [0.2, 0.25) is 0 Å². The van der Waals surface area contributed by atoms with Gasteiger partial charge in [-0.3, -0.25) is 0 Å². The van der Waals surface area contributed by atoms with Gasteiger partial charge in [-0.05, 0) is 120 Å². The SMILES string of the molecule is COCOc1cc(OC)cc(/C=C/C[C@@H]2OC(C)(C)O[C@@H]2C(OC(=O)c2ccccc2)/C(F)=C\C[C@@H](C)O)c1C(=O)O.COCOc1cc(OC)cc2c1C(=O)O[C@@H](C)C/C=C(/F)C(OC(=O)c1ccccc1)[C@H]1OC(C)(C)C3(/C=C/2)O[C@H]13. The van der Waals surface area contributed by atoms with Crippen molar-refractivity contribution >= 4 is 36.0 Å². The van der Waals surface area contributed by atoms with E-state index in [1.165, 1.54) is 53.6 Å². The second-order valence-electron chi connectivity index (χ2n) is 20.7. The highest BCUT2D eigenvalue weighted by Gasteiger charge is 2.75. The fourth-order valence-corrected chi connectivity index (χ4v) is 9.67. The number of benzene rings is 4. The van der Waals surface area contributed by atoms with Crippen molar-refractivity contribution in [2.24, 2.45) is 0 Å². The summed E-state index contributed by atoms with van der Waals surface area (Å²) >= 11 is 0. The first-order valence-electron chi connectivity index (χ1n) is 26.7. The lowest BCUT2D eigenvalue weighted by atomic mass is 9.87. The van der Waals surface area contributed by atoms with E-state index in [1.54, 1.807) is 118 Å². The van der Waals surface area contributed by atoms with E-state index in [1.807, 2.05) is 13.8 Å². The summed E-state index contributed by atoms with van der Waals surface area (Å²) in [7, 11) is 5.82. The van der Waals surface area contributed by atoms with E-state index < -0.39 is 101 Å². The van der Waals surface area contributed by atoms with E-state index in [-0.39, 0.29) is 72.2 Å². The van der Waals surface area contributed by atoms with Crippen LogP contribution in [0.5, 0.6) is 23.0 Å². The Labute approximate surface area is 480 Å². The van der Waals surface area contributed by atoms with Crippen molar-refractivity contribution in [2.75, 3.05) is 42.0 Å². The lowest BCUT2D eigenvalue weighted by Gasteiger charge is -2.30. The molecular weight excluding hydrogens is 1090 g/mol. The summed E-state index contributed by atoms with van der Waals surface area (Å²) < 4.78 is 105. The Hall–Kier alpha value is -7.50. The number of fused-ring (bicyclic) bond motifs is 1. The van der Waals surface area contributed by atoms with Gasteiger partial charge in [0.05, 0.1) is 43.2 Å². The number of ether oxygens (including phenoxy) is 13. The number of methoxy groups -OCH3 is 4. The number of rotatable bonds is 20. The van der Waals surface area contributed by atoms with Crippen LogP contribution in [0, 0.1) is 0 Å². The van der Waals surface area contributed by atoms with E-state index in [4.69, 9.17) is 61.6 Å².